The van der Waals surface area contributed by atoms with Crippen LogP contribution in [-0.2, 0) is 11.3 Å². The van der Waals surface area contributed by atoms with Crippen molar-refractivity contribution in [3.05, 3.63) is 41.6 Å². The second kappa shape index (κ2) is 5.51. The molecule has 0 aliphatic rings. The number of carbonyl (C=O) groups is 1. The number of aryl methyl sites for hydroxylation is 1. The molecule has 0 aliphatic heterocycles. The van der Waals surface area contributed by atoms with Crippen molar-refractivity contribution < 1.29 is 13.9 Å². The van der Waals surface area contributed by atoms with E-state index >= 15 is 0 Å². The maximum absolute atomic E-state index is 11.9. The van der Waals surface area contributed by atoms with Crippen LogP contribution >= 0.6 is 0 Å². The Morgan fingerprint density at radius 1 is 1.37 bits per heavy atom. The SMILES string of the molecule is Cc1nnc(COC(=O)c2cccc(N(C)C)c2)o1. The van der Waals surface area contributed by atoms with E-state index in [1.807, 2.05) is 31.1 Å². The Bertz CT molecular complexity index is 578. The molecular weight excluding hydrogens is 246 g/mol. The number of hydrogen-bond donors (Lipinski definition) is 0. The van der Waals surface area contributed by atoms with E-state index in [1.54, 1.807) is 19.1 Å². The lowest BCUT2D eigenvalue weighted by Crippen LogP contribution is -2.11. The van der Waals surface area contributed by atoms with Crippen molar-refractivity contribution in [3.8, 4) is 0 Å². The molecule has 0 radical (unpaired) electrons. The first-order valence-corrected chi connectivity index (χ1v) is 5.80. The fourth-order valence-corrected chi connectivity index (χ4v) is 1.52. The molecule has 1 aromatic carbocycles. The summed E-state index contributed by atoms with van der Waals surface area (Å²) in [5.74, 6) is 0.315. The lowest BCUT2D eigenvalue weighted by Gasteiger charge is -2.12. The second-order valence-electron chi connectivity index (χ2n) is 4.24. The largest absolute Gasteiger partial charge is 0.452 e. The maximum atomic E-state index is 11.9. The monoisotopic (exact) mass is 261 g/mol. The first-order valence-electron chi connectivity index (χ1n) is 5.80. The van der Waals surface area contributed by atoms with Crippen LogP contribution in [0.15, 0.2) is 28.7 Å². The van der Waals surface area contributed by atoms with Crippen LogP contribution in [0.3, 0.4) is 0 Å². The standard InChI is InChI=1S/C13H15N3O3/c1-9-14-15-12(19-9)8-18-13(17)10-5-4-6-11(7-10)16(2)3/h4-7H,8H2,1-3H3. The number of esters is 1. The van der Waals surface area contributed by atoms with Gasteiger partial charge < -0.3 is 14.1 Å². The quantitative estimate of drug-likeness (QED) is 0.782. The predicted molar refractivity (Wildman–Crippen MR) is 68.9 cm³/mol. The molecule has 0 amide bonds. The Morgan fingerprint density at radius 2 is 2.16 bits per heavy atom. The maximum Gasteiger partial charge on any atom is 0.338 e. The summed E-state index contributed by atoms with van der Waals surface area (Å²) in [4.78, 5) is 13.8. The lowest BCUT2D eigenvalue weighted by atomic mass is 10.2. The van der Waals surface area contributed by atoms with Crippen molar-refractivity contribution >= 4 is 11.7 Å². The van der Waals surface area contributed by atoms with E-state index in [2.05, 4.69) is 10.2 Å². The summed E-state index contributed by atoms with van der Waals surface area (Å²) in [6.07, 6.45) is 0. The highest BCUT2D eigenvalue weighted by Crippen LogP contribution is 2.14. The Kier molecular flexibility index (Phi) is 3.79. The van der Waals surface area contributed by atoms with Crippen LogP contribution in [0.25, 0.3) is 0 Å². The number of rotatable bonds is 4. The molecule has 1 heterocycles. The molecule has 0 fully saturated rings. The minimum Gasteiger partial charge on any atom is -0.452 e. The van der Waals surface area contributed by atoms with Gasteiger partial charge in [0.2, 0.25) is 5.89 Å². The van der Waals surface area contributed by atoms with Gasteiger partial charge in [-0.1, -0.05) is 6.07 Å². The summed E-state index contributed by atoms with van der Waals surface area (Å²) in [6.45, 7) is 1.66. The highest BCUT2D eigenvalue weighted by Gasteiger charge is 2.11. The molecule has 1 aromatic heterocycles. The topological polar surface area (TPSA) is 68.5 Å². The molecule has 0 saturated heterocycles. The van der Waals surface area contributed by atoms with Crippen LogP contribution in [0.2, 0.25) is 0 Å². The van der Waals surface area contributed by atoms with Gasteiger partial charge in [-0.05, 0) is 18.2 Å². The molecule has 2 aromatic rings. The van der Waals surface area contributed by atoms with Gasteiger partial charge in [0.05, 0.1) is 5.56 Å². The molecule has 0 saturated carbocycles. The third kappa shape index (κ3) is 3.31. The smallest absolute Gasteiger partial charge is 0.338 e. The van der Waals surface area contributed by atoms with Crippen LogP contribution in [0.1, 0.15) is 22.1 Å². The third-order valence-corrected chi connectivity index (χ3v) is 2.49. The van der Waals surface area contributed by atoms with Gasteiger partial charge >= 0.3 is 5.97 Å². The van der Waals surface area contributed by atoms with E-state index in [9.17, 15) is 4.79 Å². The van der Waals surface area contributed by atoms with Gasteiger partial charge in [-0.3, -0.25) is 0 Å². The van der Waals surface area contributed by atoms with Crippen molar-refractivity contribution in [2.24, 2.45) is 0 Å². The Hall–Kier alpha value is -2.37. The van der Waals surface area contributed by atoms with Crippen molar-refractivity contribution in [2.45, 2.75) is 13.5 Å². The lowest BCUT2D eigenvalue weighted by molar-refractivity contribution is 0.0437. The fraction of sp³-hybridized carbons (Fsp3) is 0.308. The molecule has 6 heteroatoms. The number of carbonyl (C=O) groups excluding carboxylic acids is 1. The molecule has 0 unspecified atom stereocenters. The predicted octanol–water partition coefficient (Wildman–Crippen LogP) is 1.80. The summed E-state index contributed by atoms with van der Waals surface area (Å²) in [5, 5.41) is 7.42. The van der Waals surface area contributed by atoms with Gasteiger partial charge in [0.1, 0.15) is 0 Å². The Balaban J connectivity index is 2.01. The van der Waals surface area contributed by atoms with E-state index in [0.29, 0.717) is 11.5 Å². The molecule has 100 valence electrons. The number of aromatic nitrogens is 2. The van der Waals surface area contributed by atoms with Gasteiger partial charge in [-0.25, -0.2) is 4.79 Å². The number of benzene rings is 1. The summed E-state index contributed by atoms with van der Waals surface area (Å²) in [6, 6.07) is 7.19. The Morgan fingerprint density at radius 3 is 2.79 bits per heavy atom. The van der Waals surface area contributed by atoms with Gasteiger partial charge in [0.25, 0.3) is 5.89 Å². The number of ether oxygens (including phenoxy) is 1. The molecule has 19 heavy (non-hydrogen) atoms. The summed E-state index contributed by atoms with van der Waals surface area (Å²) >= 11 is 0. The van der Waals surface area contributed by atoms with Crippen molar-refractivity contribution in [1.82, 2.24) is 10.2 Å². The summed E-state index contributed by atoms with van der Waals surface area (Å²) in [7, 11) is 3.82. The van der Waals surface area contributed by atoms with E-state index in [1.165, 1.54) is 0 Å². The van der Waals surface area contributed by atoms with Crippen molar-refractivity contribution in [1.29, 1.82) is 0 Å². The zero-order chi connectivity index (χ0) is 13.8. The summed E-state index contributed by atoms with van der Waals surface area (Å²) in [5.41, 5.74) is 1.42. The highest BCUT2D eigenvalue weighted by molar-refractivity contribution is 5.90. The zero-order valence-corrected chi connectivity index (χ0v) is 11.1. The third-order valence-electron chi connectivity index (χ3n) is 2.49. The molecule has 0 spiro atoms. The zero-order valence-electron chi connectivity index (χ0n) is 11.1. The van der Waals surface area contributed by atoms with Crippen LogP contribution in [0.4, 0.5) is 5.69 Å². The molecule has 2 rings (SSSR count). The van der Waals surface area contributed by atoms with Gasteiger partial charge in [0, 0.05) is 26.7 Å². The normalized spacial score (nSPS) is 10.3. The average molecular weight is 261 g/mol. The number of anilines is 1. The van der Waals surface area contributed by atoms with Crippen LogP contribution in [0, 0.1) is 6.92 Å². The van der Waals surface area contributed by atoms with E-state index < -0.39 is 5.97 Å². The minimum atomic E-state index is -0.417. The van der Waals surface area contributed by atoms with Gasteiger partial charge in [0.15, 0.2) is 6.61 Å². The summed E-state index contributed by atoms with van der Waals surface area (Å²) < 4.78 is 10.2. The van der Waals surface area contributed by atoms with E-state index in [-0.39, 0.29) is 12.5 Å². The van der Waals surface area contributed by atoms with Crippen LogP contribution in [0.5, 0.6) is 0 Å². The Labute approximate surface area is 111 Å². The van der Waals surface area contributed by atoms with E-state index in [0.717, 1.165) is 5.69 Å². The number of hydrogen-bond acceptors (Lipinski definition) is 6. The highest BCUT2D eigenvalue weighted by atomic mass is 16.5. The average Bonchev–Trinajstić information content (AvgIpc) is 2.82. The molecule has 0 bridgehead atoms. The molecule has 6 nitrogen and oxygen atoms in total. The van der Waals surface area contributed by atoms with Crippen molar-refractivity contribution in [2.75, 3.05) is 19.0 Å². The van der Waals surface area contributed by atoms with Gasteiger partial charge in [-0.2, -0.15) is 0 Å². The molecule has 0 atom stereocenters. The molecule has 0 N–H and O–H groups in total. The fourth-order valence-electron chi connectivity index (χ4n) is 1.52. The molecule has 0 aliphatic carbocycles. The van der Waals surface area contributed by atoms with Crippen LogP contribution < -0.4 is 4.90 Å². The van der Waals surface area contributed by atoms with Crippen molar-refractivity contribution in [3.63, 3.8) is 0 Å². The molecular formula is C13H15N3O3. The van der Waals surface area contributed by atoms with E-state index in [4.69, 9.17) is 9.15 Å². The van der Waals surface area contributed by atoms with Gasteiger partial charge in [-0.15, -0.1) is 10.2 Å². The first kappa shape index (κ1) is 13.1. The van der Waals surface area contributed by atoms with Crippen LogP contribution in [-0.4, -0.2) is 30.3 Å². The minimum absolute atomic E-state index is 0.0220. The first-order chi connectivity index (χ1) is 9.06. The number of nitrogens with zero attached hydrogens (tertiary/aromatic N) is 3. The second-order valence-corrected chi connectivity index (χ2v) is 4.24.